The fourth-order valence-corrected chi connectivity index (χ4v) is 2.33. The Bertz CT molecular complexity index is 454. The molecule has 0 amide bonds. The van der Waals surface area contributed by atoms with E-state index in [0.29, 0.717) is 42.1 Å². The van der Waals surface area contributed by atoms with Gasteiger partial charge in [-0.3, -0.25) is 14.5 Å². The first-order chi connectivity index (χ1) is 8.52. The second kappa shape index (κ2) is 5.16. The van der Waals surface area contributed by atoms with Crippen LogP contribution in [0.5, 0.6) is 0 Å². The maximum Gasteiger partial charge on any atom is 0.186 e. The first-order valence-electron chi connectivity index (χ1n) is 6.29. The van der Waals surface area contributed by atoms with Crippen LogP contribution in [0.1, 0.15) is 20.8 Å². The number of hydrogen-bond acceptors (Lipinski definition) is 4. The van der Waals surface area contributed by atoms with E-state index >= 15 is 0 Å². The van der Waals surface area contributed by atoms with Crippen LogP contribution < -0.4 is 0 Å². The van der Waals surface area contributed by atoms with Crippen LogP contribution in [0.4, 0.5) is 0 Å². The van der Waals surface area contributed by atoms with Gasteiger partial charge >= 0.3 is 0 Å². The quantitative estimate of drug-likeness (QED) is 0.688. The minimum Gasteiger partial charge on any atom is -0.379 e. The highest BCUT2D eigenvalue weighted by Crippen LogP contribution is 2.24. The molecule has 0 aromatic carbocycles. The Kier molecular flexibility index (Phi) is 3.78. The van der Waals surface area contributed by atoms with Gasteiger partial charge in [-0.05, 0) is 20.8 Å². The van der Waals surface area contributed by atoms with E-state index in [9.17, 15) is 9.59 Å². The van der Waals surface area contributed by atoms with Gasteiger partial charge in [-0.15, -0.1) is 0 Å². The number of nitrogens with zero attached hydrogens (tertiary/aromatic N) is 1. The fraction of sp³-hybridized carbons (Fsp3) is 0.571. The van der Waals surface area contributed by atoms with Crippen LogP contribution in [0.25, 0.3) is 0 Å². The van der Waals surface area contributed by atoms with Crippen LogP contribution in [0.2, 0.25) is 0 Å². The minimum atomic E-state index is 0.00959. The lowest BCUT2D eigenvalue weighted by atomic mass is 9.86. The number of hydrogen-bond donors (Lipinski definition) is 0. The second-order valence-electron chi connectivity index (χ2n) is 4.90. The molecule has 0 radical (unpaired) electrons. The number of morpholine rings is 1. The Morgan fingerprint density at radius 2 is 1.50 bits per heavy atom. The lowest BCUT2D eigenvalue weighted by molar-refractivity contribution is -0.116. The minimum absolute atomic E-state index is 0.00959. The van der Waals surface area contributed by atoms with Gasteiger partial charge in [0.2, 0.25) is 0 Å². The Hall–Kier alpha value is -1.26. The van der Waals surface area contributed by atoms with Gasteiger partial charge < -0.3 is 4.74 Å². The highest BCUT2D eigenvalue weighted by molar-refractivity contribution is 6.24. The number of Topliss-reactive ketones (excluding diaryl/α,β-unsaturated/α-hetero) is 2. The van der Waals surface area contributed by atoms with E-state index in [1.807, 2.05) is 0 Å². The van der Waals surface area contributed by atoms with Gasteiger partial charge in [0.1, 0.15) is 0 Å². The SMILES string of the molecule is CC1=C(C)C(=O)C(CN2CCOCC2)=C(C)C1=O. The Morgan fingerprint density at radius 3 is 2.11 bits per heavy atom. The normalized spacial score (nSPS) is 23.1. The average molecular weight is 249 g/mol. The van der Waals surface area contributed by atoms with E-state index in [4.69, 9.17) is 4.74 Å². The molecule has 0 spiro atoms. The van der Waals surface area contributed by atoms with Gasteiger partial charge in [0, 0.05) is 41.9 Å². The molecule has 2 aliphatic rings. The Labute approximate surface area is 107 Å². The first kappa shape index (κ1) is 13.2. The van der Waals surface area contributed by atoms with Crippen LogP contribution >= 0.6 is 0 Å². The molecule has 18 heavy (non-hydrogen) atoms. The van der Waals surface area contributed by atoms with Gasteiger partial charge in [0.05, 0.1) is 13.2 Å². The summed E-state index contributed by atoms with van der Waals surface area (Å²) in [6.45, 7) is 8.81. The summed E-state index contributed by atoms with van der Waals surface area (Å²) in [7, 11) is 0. The van der Waals surface area contributed by atoms with Crippen molar-refractivity contribution < 1.29 is 14.3 Å². The van der Waals surface area contributed by atoms with Crippen molar-refractivity contribution in [1.82, 2.24) is 4.90 Å². The Balaban J connectivity index is 2.21. The predicted molar refractivity (Wildman–Crippen MR) is 68.3 cm³/mol. The van der Waals surface area contributed by atoms with Crippen LogP contribution in [-0.2, 0) is 14.3 Å². The molecular formula is C14H19NO3. The summed E-state index contributed by atoms with van der Waals surface area (Å²) in [5, 5.41) is 0. The van der Waals surface area contributed by atoms with E-state index in [2.05, 4.69) is 4.90 Å². The highest BCUT2D eigenvalue weighted by atomic mass is 16.5. The molecule has 0 atom stereocenters. The standard InChI is InChI=1S/C14H19NO3/c1-9-10(2)14(17)12(11(3)13(9)16)8-15-4-6-18-7-5-15/h4-8H2,1-3H3. The number of ketones is 2. The zero-order valence-corrected chi connectivity index (χ0v) is 11.2. The zero-order valence-electron chi connectivity index (χ0n) is 11.2. The molecule has 0 N–H and O–H groups in total. The summed E-state index contributed by atoms with van der Waals surface area (Å²) in [6, 6.07) is 0. The summed E-state index contributed by atoms with van der Waals surface area (Å²) >= 11 is 0. The molecule has 98 valence electrons. The topological polar surface area (TPSA) is 46.6 Å². The molecule has 0 saturated carbocycles. The first-order valence-corrected chi connectivity index (χ1v) is 6.29. The largest absolute Gasteiger partial charge is 0.379 e. The van der Waals surface area contributed by atoms with Gasteiger partial charge in [0.15, 0.2) is 11.6 Å². The van der Waals surface area contributed by atoms with Crippen molar-refractivity contribution in [2.45, 2.75) is 20.8 Å². The fourth-order valence-electron chi connectivity index (χ4n) is 2.33. The van der Waals surface area contributed by atoms with Crippen molar-refractivity contribution in [3.63, 3.8) is 0 Å². The number of carbonyl (C=O) groups is 2. The third-order valence-corrected chi connectivity index (χ3v) is 3.80. The van der Waals surface area contributed by atoms with Gasteiger partial charge in [-0.1, -0.05) is 0 Å². The van der Waals surface area contributed by atoms with Gasteiger partial charge in [-0.2, -0.15) is 0 Å². The molecule has 4 nitrogen and oxygen atoms in total. The third-order valence-electron chi connectivity index (χ3n) is 3.80. The smallest absolute Gasteiger partial charge is 0.186 e. The van der Waals surface area contributed by atoms with Crippen molar-refractivity contribution in [2.75, 3.05) is 32.8 Å². The van der Waals surface area contributed by atoms with E-state index in [1.54, 1.807) is 20.8 Å². The van der Waals surface area contributed by atoms with Crippen molar-refractivity contribution in [3.8, 4) is 0 Å². The molecule has 1 aliphatic carbocycles. The summed E-state index contributed by atoms with van der Waals surface area (Å²) in [6.07, 6.45) is 0. The maximum absolute atomic E-state index is 12.2. The van der Waals surface area contributed by atoms with Crippen molar-refractivity contribution in [1.29, 1.82) is 0 Å². The van der Waals surface area contributed by atoms with Crippen LogP contribution in [-0.4, -0.2) is 49.3 Å². The summed E-state index contributed by atoms with van der Waals surface area (Å²) in [4.78, 5) is 26.4. The predicted octanol–water partition coefficient (Wildman–Crippen LogP) is 1.12. The second-order valence-corrected chi connectivity index (χ2v) is 4.90. The molecule has 0 aromatic rings. The van der Waals surface area contributed by atoms with Gasteiger partial charge in [-0.25, -0.2) is 0 Å². The highest BCUT2D eigenvalue weighted by Gasteiger charge is 2.29. The molecule has 1 heterocycles. The maximum atomic E-state index is 12.2. The van der Waals surface area contributed by atoms with E-state index in [-0.39, 0.29) is 11.6 Å². The van der Waals surface area contributed by atoms with Gasteiger partial charge in [0.25, 0.3) is 0 Å². The number of allylic oxidation sites excluding steroid dienone is 3. The molecule has 1 fully saturated rings. The monoisotopic (exact) mass is 249 g/mol. The molecule has 1 aliphatic heterocycles. The Morgan fingerprint density at radius 1 is 0.944 bits per heavy atom. The van der Waals surface area contributed by atoms with Crippen molar-refractivity contribution in [3.05, 3.63) is 22.3 Å². The molecule has 4 heteroatoms. The molecule has 1 saturated heterocycles. The summed E-state index contributed by atoms with van der Waals surface area (Å²) in [5.74, 6) is 0.0338. The third kappa shape index (κ3) is 2.31. The molecular weight excluding hydrogens is 230 g/mol. The van der Waals surface area contributed by atoms with Crippen LogP contribution in [0, 0.1) is 0 Å². The number of carbonyl (C=O) groups excluding carboxylic acids is 2. The summed E-state index contributed by atoms with van der Waals surface area (Å²) in [5.41, 5.74) is 2.44. The molecule has 0 aromatic heterocycles. The number of ether oxygens (including phenoxy) is 1. The molecule has 2 rings (SSSR count). The van der Waals surface area contributed by atoms with E-state index in [1.165, 1.54) is 0 Å². The molecule has 0 bridgehead atoms. The van der Waals surface area contributed by atoms with Crippen LogP contribution in [0.3, 0.4) is 0 Å². The lowest BCUT2D eigenvalue weighted by Gasteiger charge is -2.29. The number of rotatable bonds is 2. The van der Waals surface area contributed by atoms with Crippen molar-refractivity contribution in [2.24, 2.45) is 0 Å². The lowest BCUT2D eigenvalue weighted by Crippen LogP contribution is -2.39. The summed E-state index contributed by atoms with van der Waals surface area (Å²) < 4.78 is 5.28. The van der Waals surface area contributed by atoms with Crippen LogP contribution in [0.15, 0.2) is 22.3 Å². The molecule has 0 unspecified atom stereocenters. The zero-order chi connectivity index (χ0) is 13.3. The van der Waals surface area contributed by atoms with E-state index in [0.717, 1.165) is 13.1 Å². The van der Waals surface area contributed by atoms with Crippen molar-refractivity contribution >= 4 is 11.6 Å². The van der Waals surface area contributed by atoms with E-state index < -0.39 is 0 Å². The average Bonchev–Trinajstić information content (AvgIpc) is 2.40.